The van der Waals surface area contributed by atoms with Crippen LogP contribution in [-0.4, -0.2) is 33.8 Å². The molecule has 0 amide bonds. The maximum absolute atomic E-state index is 10.7. The van der Waals surface area contributed by atoms with E-state index in [1.807, 2.05) is 13.8 Å². The Balaban J connectivity index is 2.51. The van der Waals surface area contributed by atoms with Crippen molar-refractivity contribution >= 4 is 11.7 Å². The molecule has 0 saturated heterocycles. The lowest BCUT2D eigenvalue weighted by Crippen LogP contribution is -2.21. The first kappa shape index (κ1) is 13.4. The summed E-state index contributed by atoms with van der Waals surface area (Å²) < 4.78 is 0. The van der Waals surface area contributed by atoms with Gasteiger partial charge in [-0.2, -0.15) is 0 Å². The van der Waals surface area contributed by atoms with E-state index in [1.54, 1.807) is 6.07 Å². The molecule has 1 unspecified atom stereocenters. The molecule has 0 spiro atoms. The number of carbonyl (C=O) groups is 1. The average Bonchev–Trinajstić information content (AvgIpc) is 2.26. The summed E-state index contributed by atoms with van der Waals surface area (Å²) in [4.78, 5) is 14.4. The normalized spacial score (nSPS) is 12.5. The minimum Gasteiger partial charge on any atom is -0.477 e. The fourth-order valence-corrected chi connectivity index (χ4v) is 1.52. The van der Waals surface area contributed by atoms with Gasteiger partial charge in [0.2, 0.25) is 0 Å². The van der Waals surface area contributed by atoms with Gasteiger partial charge in [0.1, 0.15) is 5.69 Å². The predicted octanol–water partition coefficient (Wildman–Crippen LogP) is 1.60. The van der Waals surface area contributed by atoms with Gasteiger partial charge in [-0.25, -0.2) is 9.78 Å². The van der Waals surface area contributed by atoms with E-state index in [0.29, 0.717) is 24.6 Å². The van der Waals surface area contributed by atoms with E-state index in [1.165, 1.54) is 12.3 Å². The topological polar surface area (TPSA) is 82.5 Å². The van der Waals surface area contributed by atoms with Crippen LogP contribution in [0.2, 0.25) is 0 Å². The highest BCUT2D eigenvalue weighted by atomic mass is 16.4. The third kappa shape index (κ3) is 4.82. The molecule has 0 bridgehead atoms. The van der Waals surface area contributed by atoms with Gasteiger partial charge in [-0.3, -0.25) is 0 Å². The molecule has 0 saturated carbocycles. The third-order valence-corrected chi connectivity index (χ3v) is 2.26. The number of aromatic nitrogens is 1. The molecule has 1 aromatic heterocycles. The van der Waals surface area contributed by atoms with E-state index in [-0.39, 0.29) is 5.69 Å². The average molecular weight is 238 g/mol. The zero-order chi connectivity index (χ0) is 12.8. The van der Waals surface area contributed by atoms with E-state index in [0.717, 1.165) is 0 Å². The zero-order valence-electron chi connectivity index (χ0n) is 10.1. The van der Waals surface area contributed by atoms with E-state index in [2.05, 4.69) is 10.3 Å². The highest BCUT2D eigenvalue weighted by Gasteiger charge is 2.08. The van der Waals surface area contributed by atoms with Gasteiger partial charge in [-0.15, -0.1) is 0 Å². The van der Waals surface area contributed by atoms with Gasteiger partial charge in [0.15, 0.2) is 0 Å². The standard InChI is InChI=1S/C12H18N2O3/c1-8(2)5-10(15)7-14-9-3-4-13-11(6-9)12(16)17/h3-4,6,8,10,15H,5,7H2,1-2H3,(H,13,14)(H,16,17). The molecule has 1 aromatic rings. The number of pyridine rings is 1. The molecule has 0 aromatic carbocycles. The Bertz CT molecular complexity index is 380. The Kier molecular flexibility index (Phi) is 4.90. The van der Waals surface area contributed by atoms with Crippen LogP contribution in [0.15, 0.2) is 18.3 Å². The molecule has 1 rings (SSSR count). The molecule has 5 heteroatoms. The van der Waals surface area contributed by atoms with E-state index in [9.17, 15) is 9.90 Å². The number of hydrogen-bond donors (Lipinski definition) is 3. The summed E-state index contributed by atoms with van der Waals surface area (Å²) in [6.07, 6.45) is 1.71. The molecular weight excluding hydrogens is 220 g/mol. The number of aliphatic hydroxyl groups excluding tert-OH is 1. The molecule has 3 N–H and O–H groups in total. The van der Waals surface area contributed by atoms with E-state index in [4.69, 9.17) is 5.11 Å². The van der Waals surface area contributed by atoms with E-state index < -0.39 is 12.1 Å². The second-order valence-electron chi connectivity index (χ2n) is 4.40. The molecule has 94 valence electrons. The number of hydrogen-bond acceptors (Lipinski definition) is 4. The van der Waals surface area contributed by atoms with Gasteiger partial charge in [0, 0.05) is 18.4 Å². The van der Waals surface area contributed by atoms with Crippen LogP contribution >= 0.6 is 0 Å². The number of nitrogens with one attached hydrogen (secondary N) is 1. The van der Waals surface area contributed by atoms with Gasteiger partial charge in [-0.05, 0) is 24.5 Å². The summed E-state index contributed by atoms with van der Waals surface area (Å²) >= 11 is 0. The SMILES string of the molecule is CC(C)CC(O)CNc1ccnc(C(=O)O)c1. The number of rotatable bonds is 6. The summed E-state index contributed by atoms with van der Waals surface area (Å²) in [5.74, 6) is -0.629. The minimum absolute atomic E-state index is 0.00616. The summed E-state index contributed by atoms with van der Waals surface area (Å²) in [7, 11) is 0. The molecule has 17 heavy (non-hydrogen) atoms. The molecule has 1 heterocycles. The maximum atomic E-state index is 10.7. The van der Waals surface area contributed by atoms with Crippen molar-refractivity contribution in [2.24, 2.45) is 5.92 Å². The zero-order valence-corrected chi connectivity index (χ0v) is 10.1. The summed E-state index contributed by atoms with van der Waals surface area (Å²) in [6.45, 7) is 4.48. The van der Waals surface area contributed by atoms with Crippen molar-refractivity contribution in [3.05, 3.63) is 24.0 Å². The van der Waals surface area contributed by atoms with E-state index >= 15 is 0 Å². The Morgan fingerprint density at radius 3 is 2.82 bits per heavy atom. The monoisotopic (exact) mass is 238 g/mol. The Hall–Kier alpha value is -1.62. The second-order valence-corrected chi connectivity index (χ2v) is 4.40. The van der Waals surface area contributed by atoms with Gasteiger partial charge < -0.3 is 15.5 Å². The third-order valence-electron chi connectivity index (χ3n) is 2.26. The molecule has 0 radical (unpaired) electrons. The first-order valence-electron chi connectivity index (χ1n) is 5.60. The van der Waals surface area contributed by atoms with Crippen molar-refractivity contribution in [3.8, 4) is 0 Å². The smallest absolute Gasteiger partial charge is 0.354 e. The fourth-order valence-electron chi connectivity index (χ4n) is 1.52. The molecule has 1 atom stereocenters. The summed E-state index contributed by atoms with van der Waals surface area (Å²) in [5, 5.41) is 21.4. The second kappa shape index (κ2) is 6.20. The quantitative estimate of drug-likeness (QED) is 0.701. The lowest BCUT2D eigenvalue weighted by atomic mass is 10.1. The Morgan fingerprint density at radius 2 is 2.24 bits per heavy atom. The van der Waals surface area contributed by atoms with Gasteiger partial charge in [0.25, 0.3) is 0 Å². The highest BCUT2D eigenvalue weighted by molar-refractivity contribution is 5.86. The number of aromatic carboxylic acids is 1. The van der Waals surface area contributed by atoms with Crippen LogP contribution in [0.5, 0.6) is 0 Å². The largest absolute Gasteiger partial charge is 0.477 e. The molecule has 0 fully saturated rings. The molecule has 0 aliphatic carbocycles. The number of anilines is 1. The summed E-state index contributed by atoms with van der Waals surface area (Å²) in [5.41, 5.74) is 0.647. The van der Waals surface area contributed by atoms with Crippen LogP contribution in [0.25, 0.3) is 0 Å². The van der Waals surface area contributed by atoms with Crippen molar-refractivity contribution in [3.63, 3.8) is 0 Å². The molecule has 0 aliphatic heterocycles. The molecule has 0 aliphatic rings. The van der Waals surface area contributed by atoms with Crippen molar-refractivity contribution in [2.75, 3.05) is 11.9 Å². The Labute approximate surface area is 101 Å². The first-order valence-corrected chi connectivity index (χ1v) is 5.60. The molecular formula is C12H18N2O3. The highest BCUT2D eigenvalue weighted by Crippen LogP contribution is 2.10. The lowest BCUT2D eigenvalue weighted by molar-refractivity contribution is 0.0690. The number of aliphatic hydroxyl groups is 1. The predicted molar refractivity (Wildman–Crippen MR) is 65.1 cm³/mol. The first-order chi connectivity index (χ1) is 7.99. The van der Waals surface area contributed by atoms with Crippen LogP contribution in [0.3, 0.4) is 0 Å². The van der Waals surface area contributed by atoms with Gasteiger partial charge >= 0.3 is 5.97 Å². The van der Waals surface area contributed by atoms with Gasteiger partial charge in [-0.1, -0.05) is 13.8 Å². The minimum atomic E-state index is -1.06. The Morgan fingerprint density at radius 1 is 1.53 bits per heavy atom. The number of carboxylic acid groups (broad SMARTS) is 1. The van der Waals surface area contributed by atoms with Crippen molar-refractivity contribution < 1.29 is 15.0 Å². The lowest BCUT2D eigenvalue weighted by Gasteiger charge is -2.14. The van der Waals surface area contributed by atoms with Crippen molar-refractivity contribution in [1.29, 1.82) is 0 Å². The molecule has 5 nitrogen and oxygen atoms in total. The van der Waals surface area contributed by atoms with Crippen LogP contribution in [0.1, 0.15) is 30.8 Å². The van der Waals surface area contributed by atoms with Crippen molar-refractivity contribution in [2.45, 2.75) is 26.4 Å². The van der Waals surface area contributed by atoms with Crippen LogP contribution in [0.4, 0.5) is 5.69 Å². The van der Waals surface area contributed by atoms with Crippen LogP contribution in [-0.2, 0) is 0 Å². The number of nitrogens with zero attached hydrogens (tertiary/aromatic N) is 1. The van der Waals surface area contributed by atoms with Crippen LogP contribution in [0, 0.1) is 5.92 Å². The number of carboxylic acids is 1. The maximum Gasteiger partial charge on any atom is 0.354 e. The fraction of sp³-hybridized carbons (Fsp3) is 0.500. The van der Waals surface area contributed by atoms with Crippen LogP contribution < -0.4 is 5.32 Å². The van der Waals surface area contributed by atoms with Crippen molar-refractivity contribution in [1.82, 2.24) is 4.98 Å². The summed E-state index contributed by atoms with van der Waals surface area (Å²) in [6, 6.07) is 3.12. The van der Waals surface area contributed by atoms with Gasteiger partial charge in [0.05, 0.1) is 6.10 Å².